The summed E-state index contributed by atoms with van der Waals surface area (Å²) in [7, 11) is 0. The molecule has 0 saturated carbocycles. The molecule has 0 aromatic carbocycles. The number of imidazole rings is 1. The summed E-state index contributed by atoms with van der Waals surface area (Å²) in [5.41, 5.74) is -0.793. The SMILES string of the molecule is CCCn1ccnc1C(C)(O)CC. The molecule has 0 amide bonds. The van der Waals surface area contributed by atoms with Crippen LogP contribution in [-0.2, 0) is 12.1 Å². The van der Waals surface area contributed by atoms with Gasteiger partial charge in [-0.05, 0) is 19.8 Å². The first-order valence-electron chi connectivity index (χ1n) is 4.85. The number of aryl methyl sites for hydroxylation is 1. The lowest BCUT2D eigenvalue weighted by Crippen LogP contribution is -2.25. The van der Waals surface area contributed by atoms with Crippen molar-refractivity contribution in [2.75, 3.05) is 0 Å². The molecule has 0 saturated heterocycles. The summed E-state index contributed by atoms with van der Waals surface area (Å²) in [4.78, 5) is 4.19. The second kappa shape index (κ2) is 3.92. The molecule has 0 aliphatic carbocycles. The molecule has 3 nitrogen and oxygen atoms in total. The average molecular weight is 182 g/mol. The van der Waals surface area contributed by atoms with Crippen LogP contribution in [0.5, 0.6) is 0 Å². The molecule has 1 aromatic heterocycles. The van der Waals surface area contributed by atoms with Crippen molar-refractivity contribution in [2.24, 2.45) is 0 Å². The van der Waals surface area contributed by atoms with Crippen molar-refractivity contribution in [3.63, 3.8) is 0 Å². The third-order valence-corrected chi connectivity index (χ3v) is 2.35. The molecule has 1 N–H and O–H groups in total. The Balaban J connectivity index is 2.93. The molecule has 1 rings (SSSR count). The Labute approximate surface area is 79.4 Å². The van der Waals surface area contributed by atoms with E-state index in [1.54, 1.807) is 6.20 Å². The molecule has 1 unspecified atom stereocenters. The van der Waals surface area contributed by atoms with E-state index in [1.807, 2.05) is 24.6 Å². The van der Waals surface area contributed by atoms with E-state index in [0.29, 0.717) is 6.42 Å². The molecule has 0 bridgehead atoms. The van der Waals surface area contributed by atoms with Gasteiger partial charge in [0.25, 0.3) is 0 Å². The molecular weight excluding hydrogens is 164 g/mol. The van der Waals surface area contributed by atoms with Gasteiger partial charge < -0.3 is 9.67 Å². The summed E-state index contributed by atoms with van der Waals surface area (Å²) in [6.45, 7) is 6.81. The van der Waals surface area contributed by atoms with Gasteiger partial charge in [-0.2, -0.15) is 0 Å². The van der Waals surface area contributed by atoms with Crippen LogP contribution in [0.1, 0.15) is 39.4 Å². The smallest absolute Gasteiger partial charge is 0.140 e. The van der Waals surface area contributed by atoms with Crippen LogP contribution in [0.15, 0.2) is 12.4 Å². The minimum Gasteiger partial charge on any atom is -0.382 e. The second-order valence-corrected chi connectivity index (χ2v) is 3.57. The topological polar surface area (TPSA) is 38.0 Å². The van der Waals surface area contributed by atoms with E-state index < -0.39 is 5.60 Å². The van der Waals surface area contributed by atoms with Gasteiger partial charge in [-0.15, -0.1) is 0 Å². The maximum Gasteiger partial charge on any atom is 0.140 e. The first-order chi connectivity index (χ1) is 6.11. The van der Waals surface area contributed by atoms with Crippen molar-refractivity contribution < 1.29 is 5.11 Å². The van der Waals surface area contributed by atoms with Gasteiger partial charge in [0.2, 0.25) is 0 Å². The van der Waals surface area contributed by atoms with Crippen LogP contribution >= 0.6 is 0 Å². The maximum absolute atomic E-state index is 10.0. The van der Waals surface area contributed by atoms with Crippen LogP contribution in [0.2, 0.25) is 0 Å². The lowest BCUT2D eigenvalue weighted by atomic mass is 10.0. The van der Waals surface area contributed by atoms with E-state index in [2.05, 4.69) is 11.9 Å². The van der Waals surface area contributed by atoms with Gasteiger partial charge in [0, 0.05) is 18.9 Å². The fourth-order valence-electron chi connectivity index (χ4n) is 1.36. The van der Waals surface area contributed by atoms with Crippen molar-refractivity contribution >= 4 is 0 Å². The molecule has 1 atom stereocenters. The number of rotatable bonds is 4. The lowest BCUT2D eigenvalue weighted by molar-refractivity contribution is 0.0399. The molecule has 13 heavy (non-hydrogen) atoms. The fourth-order valence-corrected chi connectivity index (χ4v) is 1.36. The largest absolute Gasteiger partial charge is 0.382 e. The van der Waals surface area contributed by atoms with Gasteiger partial charge in [0.1, 0.15) is 11.4 Å². The molecule has 0 aliphatic rings. The van der Waals surface area contributed by atoms with Crippen LogP contribution in [0.4, 0.5) is 0 Å². The summed E-state index contributed by atoms with van der Waals surface area (Å²) in [5.74, 6) is 0.775. The average Bonchev–Trinajstić information content (AvgIpc) is 2.54. The van der Waals surface area contributed by atoms with Crippen molar-refractivity contribution in [2.45, 2.75) is 45.8 Å². The Morgan fingerprint density at radius 2 is 2.23 bits per heavy atom. The van der Waals surface area contributed by atoms with Crippen molar-refractivity contribution in [1.82, 2.24) is 9.55 Å². The Morgan fingerprint density at radius 3 is 2.77 bits per heavy atom. The maximum atomic E-state index is 10.0. The summed E-state index contributed by atoms with van der Waals surface area (Å²) in [5, 5.41) is 10.0. The molecule has 0 fully saturated rings. The zero-order valence-corrected chi connectivity index (χ0v) is 8.62. The van der Waals surface area contributed by atoms with E-state index in [0.717, 1.165) is 18.8 Å². The highest BCUT2D eigenvalue weighted by Gasteiger charge is 2.25. The Bertz CT molecular complexity index is 266. The molecule has 1 heterocycles. The third-order valence-electron chi connectivity index (χ3n) is 2.35. The quantitative estimate of drug-likeness (QED) is 0.772. The van der Waals surface area contributed by atoms with E-state index in [1.165, 1.54) is 0 Å². The molecule has 0 spiro atoms. The van der Waals surface area contributed by atoms with Gasteiger partial charge in [0.15, 0.2) is 0 Å². The van der Waals surface area contributed by atoms with Gasteiger partial charge >= 0.3 is 0 Å². The monoisotopic (exact) mass is 182 g/mol. The van der Waals surface area contributed by atoms with E-state index in [4.69, 9.17) is 0 Å². The Morgan fingerprint density at radius 1 is 1.54 bits per heavy atom. The van der Waals surface area contributed by atoms with Crippen LogP contribution in [0, 0.1) is 0 Å². The molecule has 3 heteroatoms. The van der Waals surface area contributed by atoms with Crippen LogP contribution < -0.4 is 0 Å². The first-order valence-corrected chi connectivity index (χ1v) is 4.85. The minimum atomic E-state index is -0.793. The minimum absolute atomic E-state index is 0.688. The Hall–Kier alpha value is -0.830. The van der Waals surface area contributed by atoms with Crippen LogP contribution in [0.25, 0.3) is 0 Å². The first kappa shape index (κ1) is 10.3. The van der Waals surface area contributed by atoms with Gasteiger partial charge in [0.05, 0.1) is 0 Å². The lowest BCUT2D eigenvalue weighted by Gasteiger charge is -2.21. The third kappa shape index (κ3) is 2.10. The van der Waals surface area contributed by atoms with Crippen molar-refractivity contribution in [3.8, 4) is 0 Å². The normalized spacial score (nSPS) is 15.7. The number of aliphatic hydroxyl groups is 1. The Kier molecular flexibility index (Phi) is 3.09. The second-order valence-electron chi connectivity index (χ2n) is 3.57. The highest BCUT2D eigenvalue weighted by Crippen LogP contribution is 2.22. The van der Waals surface area contributed by atoms with Crippen LogP contribution in [-0.4, -0.2) is 14.7 Å². The highest BCUT2D eigenvalue weighted by atomic mass is 16.3. The number of hydrogen-bond acceptors (Lipinski definition) is 2. The zero-order chi connectivity index (χ0) is 9.90. The predicted octanol–water partition coefficient (Wildman–Crippen LogP) is 1.91. The van der Waals surface area contributed by atoms with E-state index >= 15 is 0 Å². The summed E-state index contributed by atoms with van der Waals surface area (Å²) < 4.78 is 2.02. The molecule has 0 radical (unpaired) electrons. The fraction of sp³-hybridized carbons (Fsp3) is 0.700. The summed E-state index contributed by atoms with van der Waals surface area (Å²) in [6, 6.07) is 0. The van der Waals surface area contributed by atoms with Crippen molar-refractivity contribution in [3.05, 3.63) is 18.2 Å². The zero-order valence-electron chi connectivity index (χ0n) is 8.62. The van der Waals surface area contributed by atoms with Crippen LogP contribution in [0.3, 0.4) is 0 Å². The standard InChI is InChI=1S/C10H18N2O/c1-4-7-12-8-6-11-9(12)10(3,13)5-2/h6,8,13H,4-5,7H2,1-3H3. The molecule has 74 valence electrons. The highest BCUT2D eigenvalue weighted by molar-refractivity contribution is 5.02. The number of nitrogens with zero attached hydrogens (tertiary/aromatic N) is 2. The number of aromatic nitrogens is 2. The molecule has 1 aromatic rings. The van der Waals surface area contributed by atoms with E-state index in [-0.39, 0.29) is 0 Å². The number of hydrogen-bond donors (Lipinski definition) is 1. The van der Waals surface area contributed by atoms with Gasteiger partial charge in [-0.3, -0.25) is 0 Å². The molecule has 0 aliphatic heterocycles. The van der Waals surface area contributed by atoms with Crippen molar-refractivity contribution in [1.29, 1.82) is 0 Å². The predicted molar refractivity (Wildman–Crippen MR) is 52.4 cm³/mol. The van der Waals surface area contributed by atoms with E-state index in [9.17, 15) is 5.11 Å². The summed E-state index contributed by atoms with van der Waals surface area (Å²) >= 11 is 0. The molecular formula is C10H18N2O. The summed E-state index contributed by atoms with van der Waals surface area (Å²) in [6.07, 6.45) is 5.41. The van der Waals surface area contributed by atoms with Gasteiger partial charge in [-0.25, -0.2) is 4.98 Å². The van der Waals surface area contributed by atoms with Gasteiger partial charge in [-0.1, -0.05) is 13.8 Å².